The predicted molar refractivity (Wildman–Crippen MR) is 110 cm³/mol. The van der Waals surface area contributed by atoms with Crippen LogP contribution in [0.1, 0.15) is 18.5 Å². The minimum Gasteiger partial charge on any atom is -0.508 e. The smallest absolute Gasteiger partial charge is 0.143 e. The average molecular weight is 429 g/mol. The van der Waals surface area contributed by atoms with Crippen molar-refractivity contribution < 1.29 is 9.50 Å². The fourth-order valence-electron chi connectivity index (χ4n) is 2.92. The van der Waals surface area contributed by atoms with E-state index in [0.717, 1.165) is 22.2 Å². The molecule has 2 aromatic heterocycles. The van der Waals surface area contributed by atoms with Crippen molar-refractivity contribution in [3.8, 4) is 17.0 Å². The largest absolute Gasteiger partial charge is 0.508 e. The third kappa shape index (κ3) is 3.93. The van der Waals surface area contributed by atoms with Gasteiger partial charge in [0.15, 0.2) is 0 Å². The summed E-state index contributed by atoms with van der Waals surface area (Å²) in [6.45, 7) is 1.95. The number of aromatic nitrogens is 3. The first-order chi connectivity index (χ1) is 12.6. The highest BCUT2D eigenvalue weighted by Crippen LogP contribution is 2.29. The maximum Gasteiger partial charge on any atom is 0.143 e. The lowest BCUT2D eigenvalue weighted by Crippen LogP contribution is -2.08. The van der Waals surface area contributed by atoms with Gasteiger partial charge in [-0.3, -0.25) is 0 Å². The molecule has 5 nitrogen and oxygen atoms in total. The van der Waals surface area contributed by atoms with Crippen molar-refractivity contribution in [1.29, 1.82) is 0 Å². The van der Waals surface area contributed by atoms with E-state index in [2.05, 4.69) is 20.3 Å². The van der Waals surface area contributed by atoms with Crippen LogP contribution in [0.2, 0.25) is 0 Å². The zero-order valence-electron chi connectivity index (χ0n) is 14.5. The molecule has 0 saturated heterocycles. The number of fused-ring (bicyclic) bond motifs is 1. The molecule has 1 atom stereocenters. The zero-order valence-corrected chi connectivity index (χ0v) is 16.2. The van der Waals surface area contributed by atoms with Crippen LogP contribution in [-0.2, 0) is 0 Å². The molecule has 0 aliphatic rings. The van der Waals surface area contributed by atoms with Crippen LogP contribution in [-0.4, -0.2) is 20.1 Å². The van der Waals surface area contributed by atoms with E-state index in [0.29, 0.717) is 11.5 Å². The lowest BCUT2D eigenvalue weighted by Gasteiger charge is -2.15. The summed E-state index contributed by atoms with van der Waals surface area (Å²) in [6.07, 6.45) is 1.49. The van der Waals surface area contributed by atoms with Crippen LogP contribution in [0.15, 0.2) is 60.9 Å². The van der Waals surface area contributed by atoms with Crippen molar-refractivity contribution in [2.45, 2.75) is 13.0 Å². The van der Waals surface area contributed by atoms with Gasteiger partial charge in [0, 0.05) is 5.69 Å². The summed E-state index contributed by atoms with van der Waals surface area (Å²) in [5, 5.41) is 13.6. The minimum absolute atomic E-state index is 0. The molecule has 0 unspecified atom stereocenters. The van der Waals surface area contributed by atoms with Crippen LogP contribution in [0.3, 0.4) is 0 Å². The summed E-state index contributed by atoms with van der Waals surface area (Å²) in [4.78, 5) is 11.9. The van der Waals surface area contributed by atoms with Gasteiger partial charge < -0.3 is 15.4 Å². The van der Waals surface area contributed by atoms with Gasteiger partial charge in [0.1, 0.15) is 29.4 Å². The maximum absolute atomic E-state index is 13.5. The SMILES string of the molecule is Br.C[C@@H](Nc1ncnc2[nH]c(-c3ccc(O)cc3)cc12)c1cccc(F)c1. The molecular weight excluding hydrogens is 411 g/mol. The average Bonchev–Trinajstić information content (AvgIpc) is 3.07. The molecule has 0 aliphatic heterocycles. The van der Waals surface area contributed by atoms with Crippen molar-refractivity contribution in [3.05, 3.63) is 72.3 Å². The molecule has 2 heterocycles. The Labute approximate surface area is 166 Å². The monoisotopic (exact) mass is 428 g/mol. The van der Waals surface area contributed by atoms with Gasteiger partial charge in [0.2, 0.25) is 0 Å². The second kappa shape index (κ2) is 7.75. The molecule has 2 aromatic carbocycles. The third-order valence-electron chi connectivity index (χ3n) is 4.31. The first-order valence-electron chi connectivity index (χ1n) is 8.25. The van der Waals surface area contributed by atoms with Gasteiger partial charge in [-0.05, 0) is 60.5 Å². The molecule has 0 radical (unpaired) electrons. The second-order valence-corrected chi connectivity index (χ2v) is 6.14. The number of halogens is 2. The van der Waals surface area contributed by atoms with Gasteiger partial charge in [0.25, 0.3) is 0 Å². The Kier molecular flexibility index (Phi) is 5.41. The molecule has 0 aliphatic carbocycles. The number of anilines is 1. The number of hydrogen-bond donors (Lipinski definition) is 3. The summed E-state index contributed by atoms with van der Waals surface area (Å²) in [5.74, 6) is 0.629. The normalized spacial score (nSPS) is 11.8. The van der Waals surface area contributed by atoms with E-state index >= 15 is 0 Å². The highest BCUT2D eigenvalue weighted by Gasteiger charge is 2.13. The number of rotatable bonds is 4. The van der Waals surface area contributed by atoms with Gasteiger partial charge in [-0.25, -0.2) is 14.4 Å². The van der Waals surface area contributed by atoms with Crippen LogP contribution in [0.4, 0.5) is 10.2 Å². The number of benzene rings is 2. The van der Waals surface area contributed by atoms with Crippen molar-refractivity contribution in [2.24, 2.45) is 0 Å². The number of phenolic OH excluding ortho intramolecular Hbond substituents is 1. The Morgan fingerprint density at radius 3 is 2.59 bits per heavy atom. The molecule has 0 fully saturated rings. The standard InChI is InChI=1S/C20H17FN4O.BrH/c1-12(14-3-2-4-15(21)9-14)24-19-17-10-18(25-20(17)23-11-22-19)13-5-7-16(26)8-6-13;/h2-12,26H,1H3,(H2,22,23,24,25);1H/t12-;/m1./s1. The van der Waals surface area contributed by atoms with Gasteiger partial charge in [-0.15, -0.1) is 17.0 Å². The number of nitrogens with zero attached hydrogens (tertiary/aromatic N) is 2. The summed E-state index contributed by atoms with van der Waals surface area (Å²) in [7, 11) is 0. The molecule has 0 spiro atoms. The first-order valence-corrected chi connectivity index (χ1v) is 8.25. The van der Waals surface area contributed by atoms with E-state index in [1.165, 1.54) is 18.5 Å². The molecule has 4 aromatic rings. The van der Waals surface area contributed by atoms with Crippen LogP contribution in [0, 0.1) is 5.82 Å². The van der Waals surface area contributed by atoms with E-state index in [9.17, 15) is 9.50 Å². The fraction of sp³-hybridized carbons (Fsp3) is 0.100. The van der Waals surface area contributed by atoms with Crippen molar-refractivity contribution in [3.63, 3.8) is 0 Å². The summed E-state index contributed by atoms with van der Waals surface area (Å²) < 4.78 is 13.5. The maximum atomic E-state index is 13.5. The quantitative estimate of drug-likeness (QED) is 0.416. The molecule has 7 heteroatoms. The molecule has 3 N–H and O–H groups in total. The van der Waals surface area contributed by atoms with E-state index in [1.807, 2.05) is 31.2 Å². The zero-order chi connectivity index (χ0) is 18.1. The number of aromatic hydroxyl groups is 1. The number of H-pyrrole nitrogens is 1. The van der Waals surface area contributed by atoms with Crippen LogP contribution in [0.25, 0.3) is 22.3 Å². The van der Waals surface area contributed by atoms with Gasteiger partial charge in [-0.2, -0.15) is 0 Å². The Hall–Kier alpha value is -2.93. The van der Waals surface area contributed by atoms with Gasteiger partial charge in [0.05, 0.1) is 11.4 Å². The number of phenols is 1. The third-order valence-corrected chi connectivity index (χ3v) is 4.31. The Morgan fingerprint density at radius 1 is 1.07 bits per heavy atom. The molecule has 0 saturated carbocycles. The molecule has 138 valence electrons. The van der Waals surface area contributed by atoms with Crippen molar-refractivity contribution in [1.82, 2.24) is 15.0 Å². The minimum atomic E-state index is -0.264. The van der Waals surface area contributed by atoms with Crippen LogP contribution in [0.5, 0.6) is 5.75 Å². The highest BCUT2D eigenvalue weighted by molar-refractivity contribution is 8.93. The van der Waals surface area contributed by atoms with E-state index < -0.39 is 0 Å². The van der Waals surface area contributed by atoms with Crippen LogP contribution < -0.4 is 5.32 Å². The first kappa shape index (κ1) is 18.8. The second-order valence-electron chi connectivity index (χ2n) is 6.14. The summed E-state index contributed by atoms with van der Waals surface area (Å²) >= 11 is 0. The van der Waals surface area contributed by atoms with Gasteiger partial charge >= 0.3 is 0 Å². The molecule has 27 heavy (non-hydrogen) atoms. The molecular formula is C20H18BrFN4O. The molecule has 0 bridgehead atoms. The van der Waals surface area contributed by atoms with E-state index in [4.69, 9.17) is 0 Å². The molecule has 4 rings (SSSR count). The van der Waals surface area contributed by atoms with E-state index in [-0.39, 0.29) is 34.6 Å². The lowest BCUT2D eigenvalue weighted by atomic mass is 10.1. The highest BCUT2D eigenvalue weighted by atomic mass is 79.9. The van der Waals surface area contributed by atoms with E-state index in [1.54, 1.807) is 18.2 Å². The number of aromatic amines is 1. The topological polar surface area (TPSA) is 73.8 Å². The summed E-state index contributed by atoms with van der Waals surface area (Å²) in [5.41, 5.74) is 3.36. The predicted octanol–water partition coefficient (Wildman–Crippen LogP) is 5.22. The number of hydrogen-bond acceptors (Lipinski definition) is 4. The van der Waals surface area contributed by atoms with Crippen molar-refractivity contribution in [2.75, 3.05) is 5.32 Å². The summed E-state index contributed by atoms with van der Waals surface area (Å²) in [6, 6.07) is 15.3. The Morgan fingerprint density at radius 2 is 1.85 bits per heavy atom. The fourth-order valence-corrected chi connectivity index (χ4v) is 2.92. The lowest BCUT2D eigenvalue weighted by molar-refractivity contribution is 0.475. The number of nitrogens with one attached hydrogen (secondary N) is 2. The Bertz CT molecular complexity index is 1070. The van der Waals surface area contributed by atoms with Crippen molar-refractivity contribution >= 4 is 33.8 Å². The van der Waals surface area contributed by atoms with Crippen LogP contribution >= 0.6 is 17.0 Å². The molecule has 0 amide bonds. The van der Waals surface area contributed by atoms with Gasteiger partial charge in [-0.1, -0.05) is 12.1 Å². The Balaban J connectivity index is 0.00000210.